The number of rotatable bonds is 1. The summed E-state index contributed by atoms with van der Waals surface area (Å²) in [6.07, 6.45) is 1.82. The van der Waals surface area contributed by atoms with Crippen LogP contribution in [-0.4, -0.2) is 10.8 Å². The summed E-state index contributed by atoms with van der Waals surface area (Å²) in [5.41, 5.74) is 5.49. The van der Waals surface area contributed by atoms with Crippen molar-refractivity contribution in [2.24, 2.45) is 0 Å². The molecule has 4 aromatic rings. The molecule has 2 nitrogen and oxygen atoms in total. The van der Waals surface area contributed by atoms with Crippen LogP contribution in [0.15, 0.2) is 79.0 Å². The zero-order valence-electron chi connectivity index (χ0n) is 12.9. The summed E-state index contributed by atoms with van der Waals surface area (Å²) >= 11 is 0. The molecule has 0 amide bonds. The predicted molar refractivity (Wildman–Crippen MR) is 96.0 cm³/mol. The molecule has 0 spiro atoms. The van der Waals surface area contributed by atoms with E-state index in [1.54, 1.807) is 0 Å². The number of benzene rings is 3. The maximum atomic E-state index is 12.7. The average molecular weight is 307 g/mol. The van der Waals surface area contributed by atoms with Crippen molar-refractivity contribution in [3.63, 3.8) is 0 Å². The molecule has 0 saturated heterocycles. The first-order valence-electron chi connectivity index (χ1n) is 7.95. The minimum absolute atomic E-state index is 0.0997. The minimum atomic E-state index is 0.0997. The number of nitrogens with zero attached hydrogens (tertiary/aromatic N) is 1. The van der Waals surface area contributed by atoms with Crippen LogP contribution in [0, 0.1) is 0 Å². The van der Waals surface area contributed by atoms with Crippen molar-refractivity contribution in [2.75, 3.05) is 0 Å². The summed E-state index contributed by atoms with van der Waals surface area (Å²) in [4.78, 5) is 17.3. The van der Waals surface area contributed by atoms with E-state index >= 15 is 0 Å². The van der Waals surface area contributed by atoms with Crippen LogP contribution in [-0.2, 0) is 0 Å². The maximum Gasteiger partial charge on any atom is 0.194 e. The predicted octanol–water partition coefficient (Wildman–Crippen LogP) is 5.11. The van der Waals surface area contributed by atoms with Gasteiger partial charge in [0.05, 0.1) is 5.69 Å². The van der Waals surface area contributed by atoms with E-state index in [9.17, 15) is 4.79 Å². The molecular formula is C22H13NO. The van der Waals surface area contributed by atoms with Crippen molar-refractivity contribution in [3.8, 4) is 22.4 Å². The van der Waals surface area contributed by atoms with E-state index in [-0.39, 0.29) is 5.78 Å². The number of carbonyl (C=O) groups excluding carboxylic acids is 1. The van der Waals surface area contributed by atoms with Crippen LogP contribution in [0.5, 0.6) is 0 Å². The lowest BCUT2D eigenvalue weighted by Crippen LogP contribution is -1.95. The number of ketones is 1. The largest absolute Gasteiger partial charge is 0.289 e. The molecule has 0 fully saturated rings. The van der Waals surface area contributed by atoms with E-state index in [0.29, 0.717) is 0 Å². The van der Waals surface area contributed by atoms with E-state index in [4.69, 9.17) is 0 Å². The smallest absolute Gasteiger partial charge is 0.194 e. The van der Waals surface area contributed by atoms with Gasteiger partial charge in [0.15, 0.2) is 5.78 Å². The fraction of sp³-hybridized carbons (Fsp3) is 0. The van der Waals surface area contributed by atoms with Crippen molar-refractivity contribution >= 4 is 16.6 Å². The van der Waals surface area contributed by atoms with Crippen LogP contribution in [0.3, 0.4) is 0 Å². The molecule has 1 aliphatic rings. The Morgan fingerprint density at radius 3 is 2.33 bits per heavy atom. The second kappa shape index (κ2) is 4.87. The highest BCUT2D eigenvalue weighted by Crippen LogP contribution is 2.39. The van der Waals surface area contributed by atoms with Crippen LogP contribution < -0.4 is 0 Å². The summed E-state index contributed by atoms with van der Waals surface area (Å²) in [7, 11) is 0. The van der Waals surface area contributed by atoms with Crippen LogP contribution in [0.25, 0.3) is 33.2 Å². The average Bonchev–Trinajstić information content (AvgIpc) is 2.94. The zero-order chi connectivity index (χ0) is 16.1. The van der Waals surface area contributed by atoms with Crippen LogP contribution >= 0.6 is 0 Å². The number of hydrogen-bond acceptors (Lipinski definition) is 2. The molecule has 1 aliphatic carbocycles. The SMILES string of the molecule is O=C1c2ccccc2-c2ccc(-c3nccc4ccccc34)cc21. The van der Waals surface area contributed by atoms with Crippen molar-refractivity contribution in [1.29, 1.82) is 0 Å². The van der Waals surface area contributed by atoms with Gasteiger partial charge in [-0.2, -0.15) is 0 Å². The van der Waals surface area contributed by atoms with E-state index in [1.165, 1.54) is 0 Å². The number of carbonyl (C=O) groups is 1. The van der Waals surface area contributed by atoms with E-state index in [0.717, 1.165) is 44.3 Å². The first kappa shape index (κ1) is 13.2. The van der Waals surface area contributed by atoms with Gasteiger partial charge in [0.25, 0.3) is 0 Å². The molecule has 2 heteroatoms. The summed E-state index contributed by atoms with van der Waals surface area (Å²) in [5.74, 6) is 0.0997. The van der Waals surface area contributed by atoms with E-state index < -0.39 is 0 Å². The highest BCUT2D eigenvalue weighted by Gasteiger charge is 2.26. The lowest BCUT2D eigenvalue weighted by molar-refractivity contribution is 0.104. The molecule has 1 aromatic heterocycles. The molecule has 3 aromatic carbocycles. The summed E-state index contributed by atoms with van der Waals surface area (Å²) in [5, 5.41) is 2.25. The van der Waals surface area contributed by atoms with Gasteiger partial charge in [0, 0.05) is 28.3 Å². The highest BCUT2D eigenvalue weighted by molar-refractivity contribution is 6.22. The Balaban J connectivity index is 1.74. The lowest BCUT2D eigenvalue weighted by atomic mass is 9.99. The zero-order valence-corrected chi connectivity index (χ0v) is 12.9. The van der Waals surface area contributed by atoms with Crippen LogP contribution in [0.1, 0.15) is 15.9 Å². The molecule has 112 valence electrons. The molecule has 0 bridgehead atoms. The molecule has 0 N–H and O–H groups in total. The Hall–Kier alpha value is -3.26. The normalized spacial score (nSPS) is 12.2. The molecule has 1 heterocycles. The molecule has 24 heavy (non-hydrogen) atoms. The Morgan fingerprint density at radius 2 is 1.42 bits per heavy atom. The number of aromatic nitrogens is 1. The standard InChI is InChI=1S/C22H13NO/c24-22-19-8-4-3-7-17(19)18-10-9-15(13-20(18)22)21-16-6-2-1-5-14(16)11-12-23-21/h1-13H. The van der Waals surface area contributed by atoms with Crippen molar-refractivity contribution < 1.29 is 4.79 Å². The Kier molecular flexibility index (Phi) is 2.68. The van der Waals surface area contributed by atoms with E-state index in [2.05, 4.69) is 23.2 Å². The fourth-order valence-corrected chi connectivity index (χ4v) is 3.53. The van der Waals surface area contributed by atoms with Crippen molar-refractivity contribution in [1.82, 2.24) is 4.98 Å². The third-order valence-corrected chi connectivity index (χ3v) is 4.67. The molecule has 0 saturated carbocycles. The highest BCUT2D eigenvalue weighted by atomic mass is 16.1. The Labute approximate surface area is 139 Å². The topological polar surface area (TPSA) is 30.0 Å². The molecule has 0 atom stereocenters. The van der Waals surface area contributed by atoms with Gasteiger partial charge in [-0.05, 0) is 28.6 Å². The minimum Gasteiger partial charge on any atom is -0.289 e. The fourth-order valence-electron chi connectivity index (χ4n) is 3.53. The van der Waals surface area contributed by atoms with Crippen LogP contribution in [0.2, 0.25) is 0 Å². The maximum absolute atomic E-state index is 12.7. The Bertz CT molecular complexity index is 1120. The molecule has 0 unspecified atom stereocenters. The monoisotopic (exact) mass is 307 g/mol. The van der Waals surface area contributed by atoms with Gasteiger partial charge >= 0.3 is 0 Å². The van der Waals surface area contributed by atoms with Gasteiger partial charge in [-0.15, -0.1) is 0 Å². The van der Waals surface area contributed by atoms with Crippen LogP contribution in [0.4, 0.5) is 0 Å². The summed E-state index contributed by atoms with van der Waals surface area (Å²) in [6.45, 7) is 0. The third kappa shape index (κ3) is 1.77. The molecular weight excluding hydrogens is 294 g/mol. The summed E-state index contributed by atoms with van der Waals surface area (Å²) < 4.78 is 0. The van der Waals surface area contributed by atoms with Gasteiger partial charge in [-0.25, -0.2) is 0 Å². The summed E-state index contributed by atoms with van der Waals surface area (Å²) in [6, 6.07) is 24.1. The quantitative estimate of drug-likeness (QED) is 0.430. The molecule has 5 rings (SSSR count). The van der Waals surface area contributed by atoms with Gasteiger partial charge in [0.2, 0.25) is 0 Å². The van der Waals surface area contributed by atoms with Gasteiger partial charge in [-0.1, -0.05) is 60.7 Å². The van der Waals surface area contributed by atoms with Gasteiger partial charge < -0.3 is 0 Å². The number of pyridine rings is 1. The Morgan fingerprint density at radius 1 is 0.667 bits per heavy atom. The first-order chi connectivity index (χ1) is 11.8. The first-order valence-corrected chi connectivity index (χ1v) is 7.95. The van der Waals surface area contributed by atoms with Crippen molar-refractivity contribution in [2.45, 2.75) is 0 Å². The molecule has 0 radical (unpaired) electrons. The third-order valence-electron chi connectivity index (χ3n) is 4.67. The van der Waals surface area contributed by atoms with Gasteiger partial charge in [0.1, 0.15) is 0 Å². The molecule has 0 aliphatic heterocycles. The second-order valence-corrected chi connectivity index (χ2v) is 6.02. The number of fused-ring (bicyclic) bond motifs is 4. The van der Waals surface area contributed by atoms with Gasteiger partial charge in [-0.3, -0.25) is 9.78 Å². The van der Waals surface area contributed by atoms with Crippen molar-refractivity contribution in [3.05, 3.63) is 90.1 Å². The van der Waals surface area contributed by atoms with E-state index in [1.807, 2.05) is 60.8 Å². The second-order valence-electron chi connectivity index (χ2n) is 6.02. The number of hydrogen-bond donors (Lipinski definition) is 0. The lowest BCUT2D eigenvalue weighted by Gasteiger charge is -2.07.